The number of amidine groups is 1. The minimum absolute atomic E-state index is 0.417. The molecule has 2 aliphatic heterocycles. The smallest absolute Gasteiger partial charge is 0.351 e. The quantitative estimate of drug-likeness (QED) is 0.869. The monoisotopic (exact) mass is 336 g/mol. The van der Waals surface area contributed by atoms with E-state index in [4.69, 9.17) is 9.47 Å². The van der Waals surface area contributed by atoms with Gasteiger partial charge in [-0.25, -0.2) is 9.79 Å². The van der Waals surface area contributed by atoms with Crippen LogP contribution < -0.4 is 5.69 Å². The minimum Gasteiger partial charge on any atom is -0.388 e. The summed E-state index contributed by atoms with van der Waals surface area (Å²) in [5.74, 6) is 1.37. The van der Waals surface area contributed by atoms with Crippen molar-refractivity contribution in [2.24, 2.45) is 4.99 Å². The van der Waals surface area contributed by atoms with Crippen LogP contribution in [0.3, 0.4) is 0 Å². The average molecular weight is 336 g/mol. The molecule has 0 spiro atoms. The molecular formula is C16H24N4O4. The Balaban J connectivity index is 1.95. The largest absolute Gasteiger partial charge is 0.388 e. The minimum atomic E-state index is -0.792. The Morgan fingerprint density at radius 2 is 2.25 bits per heavy atom. The second-order valence-corrected chi connectivity index (χ2v) is 6.41. The second-order valence-electron chi connectivity index (χ2n) is 6.41. The van der Waals surface area contributed by atoms with Crippen molar-refractivity contribution >= 4 is 11.7 Å². The Morgan fingerprint density at radius 3 is 2.88 bits per heavy atom. The third-order valence-corrected chi connectivity index (χ3v) is 4.68. The first-order valence-electron chi connectivity index (χ1n) is 8.17. The number of rotatable bonds is 3. The Hall–Kier alpha value is -1.77. The van der Waals surface area contributed by atoms with Crippen molar-refractivity contribution in [3.8, 4) is 0 Å². The van der Waals surface area contributed by atoms with Crippen LogP contribution in [0.2, 0.25) is 0 Å². The summed E-state index contributed by atoms with van der Waals surface area (Å²) in [4.78, 5) is 23.2. The molecule has 4 atom stereocenters. The molecule has 0 aromatic carbocycles. The molecule has 8 nitrogen and oxygen atoms in total. The van der Waals surface area contributed by atoms with E-state index in [-0.39, 0.29) is 0 Å². The van der Waals surface area contributed by atoms with Crippen LogP contribution in [-0.2, 0) is 9.47 Å². The summed E-state index contributed by atoms with van der Waals surface area (Å²) in [6, 6.07) is 0. The van der Waals surface area contributed by atoms with Gasteiger partial charge in [-0.05, 0) is 20.3 Å². The zero-order valence-electron chi connectivity index (χ0n) is 14.5. The topological polar surface area (TPSA) is 89.2 Å². The van der Waals surface area contributed by atoms with Gasteiger partial charge in [-0.2, -0.15) is 4.98 Å². The van der Waals surface area contributed by atoms with E-state index in [1.807, 2.05) is 14.0 Å². The summed E-state index contributed by atoms with van der Waals surface area (Å²) in [6.07, 6.45) is 1.10. The molecule has 0 amide bonds. The lowest BCUT2D eigenvalue weighted by atomic mass is 10.1. The molecule has 1 N–H and O–H groups in total. The van der Waals surface area contributed by atoms with Gasteiger partial charge in [-0.3, -0.25) is 4.57 Å². The van der Waals surface area contributed by atoms with Crippen LogP contribution in [0.25, 0.3) is 0 Å². The van der Waals surface area contributed by atoms with Crippen molar-refractivity contribution in [1.29, 1.82) is 0 Å². The Bertz CT molecular complexity index is 702. The molecule has 24 heavy (non-hydrogen) atoms. The van der Waals surface area contributed by atoms with Gasteiger partial charge in [0.05, 0.1) is 6.10 Å². The first-order valence-corrected chi connectivity index (χ1v) is 8.17. The summed E-state index contributed by atoms with van der Waals surface area (Å²) in [5.41, 5.74) is 0.309. The van der Waals surface area contributed by atoms with E-state index in [2.05, 4.69) is 14.9 Å². The van der Waals surface area contributed by atoms with E-state index in [1.165, 1.54) is 11.7 Å². The molecule has 1 aromatic rings. The molecule has 1 aromatic heterocycles. The molecular weight excluding hydrogens is 312 g/mol. The number of aliphatic imine (C=N–C) groups is 1. The van der Waals surface area contributed by atoms with Gasteiger partial charge in [-0.15, -0.1) is 0 Å². The van der Waals surface area contributed by atoms with Gasteiger partial charge in [0.2, 0.25) is 0 Å². The maximum atomic E-state index is 12.5. The van der Waals surface area contributed by atoms with Gasteiger partial charge in [0.15, 0.2) is 12.0 Å². The predicted octanol–water partition coefficient (Wildman–Crippen LogP) is 0.601. The summed E-state index contributed by atoms with van der Waals surface area (Å²) in [5, 5.41) is 10.1. The number of hydrogen-bond acceptors (Lipinski definition) is 6. The Kier molecular flexibility index (Phi) is 4.71. The summed E-state index contributed by atoms with van der Waals surface area (Å²) >= 11 is 0. The highest BCUT2D eigenvalue weighted by atomic mass is 16.6. The first-order chi connectivity index (χ1) is 11.4. The molecule has 0 aliphatic carbocycles. The maximum Gasteiger partial charge on any atom is 0.351 e. The molecule has 0 radical (unpaired) electrons. The highest BCUT2D eigenvalue weighted by Gasteiger charge is 2.43. The van der Waals surface area contributed by atoms with Crippen molar-refractivity contribution in [2.75, 3.05) is 20.7 Å². The molecule has 2 fully saturated rings. The number of aliphatic hydroxyl groups is 1. The predicted molar refractivity (Wildman–Crippen MR) is 88.6 cm³/mol. The summed E-state index contributed by atoms with van der Waals surface area (Å²) in [6.45, 7) is 4.57. The summed E-state index contributed by atoms with van der Waals surface area (Å²) < 4.78 is 12.4. The van der Waals surface area contributed by atoms with E-state index in [0.29, 0.717) is 5.82 Å². The number of nitrogens with zero attached hydrogens (tertiary/aromatic N) is 4. The van der Waals surface area contributed by atoms with E-state index in [1.54, 1.807) is 13.1 Å². The molecule has 4 unspecified atom stereocenters. The zero-order valence-corrected chi connectivity index (χ0v) is 14.5. The molecule has 3 heterocycles. The molecule has 0 bridgehead atoms. The van der Waals surface area contributed by atoms with Crippen LogP contribution in [0.15, 0.2) is 16.0 Å². The van der Waals surface area contributed by atoms with Crippen molar-refractivity contribution in [3.05, 3.63) is 22.2 Å². The summed E-state index contributed by atoms with van der Waals surface area (Å²) in [7, 11) is 3.48. The third kappa shape index (κ3) is 2.97. The number of aryl methyl sites for hydroxylation is 1. The van der Waals surface area contributed by atoms with Gasteiger partial charge in [0.1, 0.15) is 18.0 Å². The van der Waals surface area contributed by atoms with Crippen LogP contribution in [0.5, 0.6) is 0 Å². The third-order valence-electron chi connectivity index (χ3n) is 4.68. The van der Waals surface area contributed by atoms with Crippen LogP contribution in [-0.4, -0.2) is 64.4 Å². The van der Waals surface area contributed by atoms with Crippen LogP contribution in [0.4, 0.5) is 5.82 Å². The number of methoxy groups -OCH3 is 1. The van der Waals surface area contributed by atoms with Gasteiger partial charge in [0, 0.05) is 38.9 Å². The zero-order chi connectivity index (χ0) is 17.4. The standard InChI is InChI=1S/C16H24N4O4/c1-9-8-20(15-13(23-4)12(21)10(2)24-15)16(22)18-14(9)17-11-6-5-7-19(11)3/h8,10,12-13,15,21H,5-7H2,1-4H3. The van der Waals surface area contributed by atoms with Gasteiger partial charge < -0.3 is 19.5 Å². The number of aliphatic hydroxyl groups excluding tert-OH is 1. The van der Waals surface area contributed by atoms with E-state index in [9.17, 15) is 9.90 Å². The fraction of sp³-hybridized carbons (Fsp3) is 0.688. The van der Waals surface area contributed by atoms with Crippen molar-refractivity contribution in [2.45, 2.75) is 51.2 Å². The molecule has 132 valence electrons. The van der Waals surface area contributed by atoms with E-state index in [0.717, 1.165) is 30.8 Å². The highest BCUT2D eigenvalue weighted by molar-refractivity contribution is 5.86. The van der Waals surface area contributed by atoms with Crippen LogP contribution in [0, 0.1) is 6.92 Å². The Labute approximate surface area is 140 Å². The average Bonchev–Trinajstić information content (AvgIpc) is 3.07. The van der Waals surface area contributed by atoms with Crippen molar-refractivity contribution in [3.63, 3.8) is 0 Å². The SMILES string of the molecule is COC1C(O)C(C)OC1n1cc(C)c(N=C2CCCN2C)nc1=O. The van der Waals surface area contributed by atoms with Gasteiger partial charge >= 0.3 is 5.69 Å². The van der Waals surface area contributed by atoms with E-state index >= 15 is 0 Å². The molecule has 0 saturated carbocycles. The Morgan fingerprint density at radius 1 is 1.50 bits per heavy atom. The lowest BCUT2D eigenvalue weighted by Crippen LogP contribution is -2.36. The van der Waals surface area contributed by atoms with Gasteiger partial charge in [0.25, 0.3) is 0 Å². The number of aromatic nitrogens is 2. The number of ether oxygens (including phenoxy) is 2. The number of likely N-dealkylation sites (tertiary alicyclic amines) is 1. The molecule has 2 saturated heterocycles. The lowest BCUT2D eigenvalue weighted by Gasteiger charge is -2.21. The lowest BCUT2D eigenvalue weighted by molar-refractivity contribution is -0.0516. The van der Waals surface area contributed by atoms with Crippen LogP contribution >= 0.6 is 0 Å². The number of hydrogen-bond donors (Lipinski definition) is 1. The molecule has 8 heteroatoms. The van der Waals surface area contributed by atoms with Crippen molar-refractivity contribution < 1.29 is 14.6 Å². The maximum absolute atomic E-state index is 12.5. The van der Waals surface area contributed by atoms with Gasteiger partial charge in [-0.1, -0.05) is 0 Å². The highest BCUT2D eigenvalue weighted by Crippen LogP contribution is 2.30. The fourth-order valence-electron chi connectivity index (χ4n) is 3.20. The van der Waals surface area contributed by atoms with Crippen molar-refractivity contribution in [1.82, 2.24) is 14.5 Å². The molecule has 2 aliphatic rings. The fourth-order valence-corrected chi connectivity index (χ4v) is 3.20. The second kappa shape index (κ2) is 6.62. The molecule has 3 rings (SSSR count). The normalized spacial score (nSPS) is 32.0. The van der Waals surface area contributed by atoms with E-state index < -0.39 is 30.2 Å². The first kappa shape index (κ1) is 17.1. The van der Waals surface area contributed by atoms with Crippen LogP contribution in [0.1, 0.15) is 31.6 Å².